The maximum Gasteiger partial charge on any atom is 0.228 e. The lowest BCUT2D eigenvalue weighted by Crippen LogP contribution is -2.47. The SMILES string of the molecule is CNC1(CC(=O)Nc2nnc(C)s2)CCCCC1. The minimum atomic E-state index is -0.0257. The lowest BCUT2D eigenvalue weighted by Gasteiger charge is -2.36. The summed E-state index contributed by atoms with van der Waals surface area (Å²) in [5.41, 5.74) is -0.0257. The normalized spacial score (nSPS) is 18.6. The summed E-state index contributed by atoms with van der Waals surface area (Å²) in [4.78, 5) is 12.0. The van der Waals surface area contributed by atoms with Gasteiger partial charge in [-0.2, -0.15) is 0 Å². The van der Waals surface area contributed by atoms with Gasteiger partial charge in [0.15, 0.2) is 0 Å². The molecule has 1 aliphatic rings. The summed E-state index contributed by atoms with van der Waals surface area (Å²) >= 11 is 1.41. The van der Waals surface area contributed by atoms with Gasteiger partial charge in [0.05, 0.1) is 0 Å². The Kier molecular flexibility index (Phi) is 4.29. The van der Waals surface area contributed by atoms with E-state index in [9.17, 15) is 4.79 Å². The van der Waals surface area contributed by atoms with E-state index >= 15 is 0 Å². The van der Waals surface area contributed by atoms with E-state index in [0.29, 0.717) is 11.6 Å². The van der Waals surface area contributed by atoms with E-state index in [2.05, 4.69) is 20.8 Å². The van der Waals surface area contributed by atoms with E-state index in [1.54, 1.807) is 0 Å². The molecule has 100 valence electrons. The third-order valence-electron chi connectivity index (χ3n) is 3.61. The second-order valence-electron chi connectivity index (χ2n) is 4.94. The largest absolute Gasteiger partial charge is 0.314 e. The van der Waals surface area contributed by atoms with Crippen LogP contribution in [0.1, 0.15) is 43.5 Å². The topological polar surface area (TPSA) is 66.9 Å². The first-order valence-electron chi connectivity index (χ1n) is 6.42. The van der Waals surface area contributed by atoms with Gasteiger partial charge in [0.2, 0.25) is 11.0 Å². The first kappa shape index (κ1) is 13.4. The van der Waals surface area contributed by atoms with Crippen LogP contribution in [0.4, 0.5) is 5.13 Å². The van der Waals surface area contributed by atoms with Crippen molar-refractivity contribution < 1.29 is 4.79 Å². The van der Waals surface area contributed by atoms with Crippen LogP contribution in [0.2, 0.25) is 0 Å². The molecule has 0 bridgehead atoms. The van der Waals surface area contributed by atoms with Crippen molar-refractivity contribution in [1.29, 1.82) is 0 Å². The van der Waals surface area contributed by atoms with E-state index in [0.717, 1.165) is 17.8 Å². The molecule has 1 aliphatic carbocycles. The molecule has 0 spiro atoms. The summed E-state index contributed by atoms with van der Waals surface area (Å²) in [6, 6.07) is 0. The lowest BCUT2D eigenvalue weighted by molar-refractivity contribution is -0.117. The highest BCUT2D eigenvalue weighted by Gasteiger charge is 2.32. The van der Waals surface area contributed by atoms with Crippen LogP contribution in [0.3, 0.4) is 0 Å². The number of nitrogens with zero attached hydrogens (tertiary/aromatic N) is 2. The molecule has 2 rings (SSSR count). The Bertz CT molecular complexity index is 412. The number of aromatic nitrogens is 2. The predicted octanol–water partition coefficient (Wildman–Crippen LogP) is 2.10. The number of aryl methyl sites for hydroxylation is 1. The Hall–Kier alpha value is -1.01. The van der Waals surface area contributed by atoms with Gasteiger partial charge in [-0.25, -0.2) is 0 Å². The van der Waals surface area contributed by atoms with Gasteiger partial charge in [-0.1, -0.05) is 30.6 Å². The first-order valence-corrected chi connectivity index (χ1v) is 7.24. The molecule has 0 radical (unpaired) electrons. The highest BCUT2D eigenvalue weighted by molar-refractivity contribution is 7.15. The second-order valence-corrected chi connectivity index (χ2v) is 6.12. The quantitative estimate of drug-likeness (QED) is 0.877. The van der Waals surface area contributed by atoms with Crippen LogP contribution in [-0.4, -0.2) is 28.7 Å². The number of carbonyl (C=O) groups excluding carboxylic acids is 1. The zero-order valence-electron chi connectivity index (χ0n) is 11.0. The monoisotopic (exact) mass is 268 g/mol. The number of carbonyl (C=O) groups is 1. The fourth-order valence-corrected chi connectivity index (χ4v) is 3.17. The van der Waals surface area contributed by atoms with Crippen LogP contribution in [-0.2, 0) is 4.79 Å². The summed E-state index contributed by atoms with van der Waals surface area (Å²) in [5.74, 6) is 0.0300. The average Bonchev–Trinajstić information content (AvgIpc) is 2.75. The van der Waals surface area contributed by atoms with Gasteiger partial charge in [0.1, 0.15) is 5.01 Å². The molecule has 0 saturated heterocycles. The second kappa shape index (κ2) is 5.75. The van der Waals surface area contributed by atoms with Crippen LogP contribution in [0.15, 0.2) is 0 Å². The number of hydrogen-bond acceptors (Lipinski definition) is 5. The van der Waals surface area contributed by atoms with Crippen molar-refractivity contribution in [1.82, 2.24) is 15.5 Å². The van der Waals surface area contributed by atoms with Gasteiger partial charge in [-0.3, -0.25) is 4.79 Å². The summed E-state index contributed by atoms with van der Waals surface area (Å²) in [5, 5.41) is 15.5. The molecular weight excluding hydrogens is 248 g/mol. The van der Waals surface area contributed by atoms with E-state index in [1.165, 1.54) is 30.6 Å². The summed E-state index contributed by atoms with van der Waals surface area (Å²) in [7, 11) is 1.95. The van der Waals surface area contributed by atoms with Crippen molar-refractivity contribution in [3.05, 3.63) is 5.01 Å². The highest BCUT2D eigenvalue weighted by Crippen LogP contribution is 2.31. The van der Waals surface area contributed by atoms with Crippen molar-refractivity contribution in [3.8, 4) is 0 Å². The van der Waals surface area contributed by atoms with Crippen LogP contribution >= 0.6 is 11.3 Å². The molecule has 0 unspecified atom stereocenters. The van der Waals surface area contributed by atoms with Gasteiger partial charge >= 0.3 is 0 Å². The number of anilines is 1. The number of rotatable bonds is 4. The number of amides is 1. The van der Waals surface area contributed by atoms with Crippen LogP contribution in [0, 0.1) is 6.92 Å². The summed E-state index contributed by atoms with van der Waals surface area (Å²) in [6.07, 6.45) is 6.35. The number of nitrogens with one attached hydrogen (secondary N) is 2. The van der Waals surface area contributed by atoms with Gasteiger partial charge in [-0.15, -0.1) is 10.2 Å². The minimum Gasteiger partial charge on any atom is -0.314 e. The molecule has 6 heteroatoms. The zero-order valence-corrected chi connectivity index (χ0v) is 11.8. The highest BCUT2D eigenvalue weighted by atomic mass is 32.1. The third kappa shape index (κ3) is 3.26. The molecule has 1 saturated carbocycles. The third-order valence-corrected chi connectivity index (χ3v) is 4.37. The molecule has 1 amide bonds. The Balaban J connectivity index is 1.93. The molecule has 1 aromatic rings. The Morgan fingerprint density at radius 3 is 2.61 bits per heavy atom. The standard InChI is InChI=1S/C12H20N4OS/c1-9-15-16-11(18-9)14-10(17)8-12(13-2)6-4-3-5-7-12/h13H,3-8H2,1-2H3,(H,14,16,17). The van der Waals surface area contributed by atoms with Gasteiger partial charge in [-0.05, 0) is 26.8 Å². The van der Waals surface area contributed by atoms with Gasteiger partial charge in [0.25, 0.3) is 0 Å². The summed E-state index contributed by atoms with van der Waals surface area (Å²) in [6.45, 7) is 1.88. The predicted molar refractivity (Wildman–Crippen MR) is 72.8 cm³/mol. The van der Waals surface area contributed by atoms with Crippen LogP contribution in [0.25, 0.3) is 0 Å². The molecule has 0 aliphatic heterocycles. The molecule has 1 fully saturated rings. The fraction of sp³-hybridized carbons (Fsp3) is 0.750. The van der Waals surface area contributed by atoms with Crippen molar-refractivity contribution in [2.24, 2.45) is 0 Å². The van der Waals surface area contributed by atoms with Crippen molar-refractivity contribution in [3.63, 3.8) is 0 Å². The van der Waals surface area contributed by atoms with E-state index in [4.69, 9.17) is 0 Å². The molecule has 1 aromatic heterocycles. The maximum absolute atomic E-state index is 12.0. The molecule has 5 nitrogen and oxygen atoms in total. The van der Waals surface area contributed by atoms with Gasteiger partial charge in [0, 0.05) is 12.0 Å². The van der Waals surface area contributed by atoms with E-state index < -0.39 is 0 Å². The summed E-state index contributed by atoms with van der Waals surface area (Å²) < 4.78 is 0. The maximum atomic E-state index is 12.0. The lowest BCUT2D eigenvalue weighted by atomic mass is 9.79. The smallest absolute Gasteiger partial charge is 0.228 e. The minimum absolute atomic E-state index is 0.0257. The molecule has 2 N–H and O–H groups in total. The van der Waals surface area contributed by atoms with E-state index in [-0.39, 0.29) is 11.4 Å². The molecule has 0 atom stereocenters. The first-order chi connectivity index (χ1) is 8.63. The molecular formula is C12H20N4OS. The molecule has 1 heterocycles. The van der Waals surface area contributed by atoms with Crippen molar-refractivity contribution in [2.75, 3.05) is 12.4 Å². The van der Waals surface area contributed by atoms with Crippen molar-refractivity contribution >= 4 is 22.4 Å². The van der Waals surface area contributed by atoms with Crippen molar-refractivity contribution in [2.45, 2.75) is 51.0 Å². The molecule has 0 aromatic carbocycles. The Morgan fingerprint density at radius 2 is 2.06 bits per heavy atom. The van der Waals surface area contributed by atoms with E-state index in [1.807, 2.05) is 14.0 Å². The van der Waals surface area contributed by atoms with Gasteiger partial charge < -0.3 is 10.6 Å². The molecule has 18 heavy (non-hydrogen) atoms. The van der Waals surface area contributed by atoms with Crippen LogP contribution in [0.5, 0.6) is 0 Å². The fourth-order valence-electron chi connectivity index (χ4n) is 2.56. The Morgan fingerprint density at radius 1 is 1.33 bits per heavy atom. The van der Waals surface area contributed by atoms with Crippen LogP contribution < -0.4 is 10.6 Å². The Labute approximate surface area is 111 Å². The number of hydrogen-bond donors (Lipinski definition) is 2. The average molecular weight is 268 g/mol. The zero-order chi connectivity index (χ0) is 13.0.